The number of carbonyl (C=O) groups is 1. The molecule has 2 N–H and O–H groups in total. The molecular formula is C9H10ClNO4S. The molecule has 2 rings (SSSR count). The molecule has 1 aliphatic heterocycles. The Balaban J connectivity index is 0.00000128. The minimum absolute atomic E-state index is 0. The molecule has 0 unspecified atom stereocenters. The number of carbonyl (C=O) groups excluding carboxylic acids is 1. The number of nitrogens with one attached hydrogen (secondary N) is 1. The van der Waals surface area contributed by atoms with Crippen LogP contribution >= 0.6 is 12.4 Å². The number of aryl methyl sites for hydroxylation is 1. The zero-order valence-corrected chi connectivity index (χ0v) is 9.77. The molecule has 0 aliphatic carbocycles. The van der Waals surface area contributed by atoms with Crippen molar-refractivity contribution in [3.05, 3.63) is 23.8 Å². The Kier molecular flexibility index (Phi) is 3.57. The molecule has 0 atom stereocenters. The van der Waals surface area contributed by atoms with Crippen LogP contribution in [-0.2, 0) is 21.3 Å². The molecule has 88 valence electrons. The smallest absolute Gasteiger partial charge is 0.294 e. The second-order valence-electron chi connectivity index (χ2n) is 3.34. The first kappa shape index (κ1) is 13.0. The number of amides is 1. The summed E-state index contributed by atoms with van der Waals surface area (Å²) < 4.78 is 30.5. The third-order valence-corrected chi connectivity index (χ3v) is 3.12. The molecule has 1 aromatic carbocycles. The fourth-order valence-electron chi connectivity index (χ4n) is 1.52. The maximum absolute atomic E-state index is 11.0. The van der Waals surface area contributed by atoms with E-state index in [4.69, 9.17) is 4.55 Å². The Bertz CT molecular complexity index is 526. The molecule has 0 spiro atoms. The van der Waals surface area contributed by atoms with E-state index < -0.39 is 10.1 Å². The fourth-order valence-corrected chi connectivity index (χ4v) is 2.05. The molecule has 5 nitrogen and oxygen atoms in total. The van der Waals surface area contributed by atoms with Gasteiger partial charge >= 0.3 is 0 Å². The molecule has 0 saturated heterocycles. The van der Waals surface area contributed by atoms with Gasteiger partial charge in [0.25, 0.3) is 10.1 Å². The van der Waals surface area contributed by atoms with Crippen LogP contribution in [0.5, 0.6) is 0 Å². The molecular weight excluding hydrogens is 254 g/mol. The molecule has 7 heteroatoms. The largest absolute Gasteiger partial charge is 0.326 e. The molecule has 0 aromatic heterocycles. The highest BCUT2D eigenvalue weighted by Gasteiger charge is 2.17. The predicted molar refractivity (Wildman–Crippen MR) is 60.5 cm³/mol. The van der Waals surface area contributed by atoms with Crippen molar-refractivity contribution in [3.63, 3.8) is 0 Å². The van der Waals surface area contributed by atoms with Crippen LogP contribution < -0.4 is 5.32 Å². The van der Waals surface area contributed by atoms with E-state index in [1.807, 2.05) is 0 Å². The van der Waals surface area contributed by atoms with E-state index in [2.05, 4.69) is 5.32 Å². The standard InChI is InChI=1S/C9H9NO4S.ClH/c11-9-4-1-6-5-7(15(12,13)14)2-3-8(6)10-9;/h2-3,5H,1,4H2,(H,10,11)(H,12,13,14);1H. The summed E-state index contributed by atoms with van der Waals surface area (Å²) in [5, 5.41) is 2.62. The van der Waals surface area contributed by atoms with Crippen molar-refractivity contribution < 1.29 is 17.8 Å². The average Bonchev–Trinajstić information content (AvgIpc) is 2.15. The molecule has 0 saturated carbocycles. The van der Waals surface area contributed by atoms with Gasteiger partial charge in [-0.3, -0.25) is 9.35 Å². The molecule has 1 amide bonds. The van der Waals surface area contributed by atoms with E-state index in [-0.39, 0.29) is 23.2 Å². The molecule has 1 aromatic rings. The predicted octanol–water partition coefficient (Wildman–Crippen LogP) is 1.24. The van der Waals surface area contributed by atoms with Crippen molar-refractivity contribution in [2.45, 2.75) is 17.7 Å². The first-order valence-corrected chi connectivity index (χ1v) is 5.81. The second kappa shape index (κ2) is 4.40. The van der Waals surface area contributed by atoms with Crippen LogP contribution in [0.1, 0.15) is 12.0 Å². The van der Waals surface area contributed by atoms with Gasteiger partial charge in [-0.05, 0) is 30.2 Å². The quantitative estimate of drug-likeness (QED) is 0.747. The molecule has 1 aliphatic rings. The van der Waals surface area contributed by atoms with Gasteiger partial charge in [-0.1, -0.05) is 0 Å². The number of benzene rings is 1. The van der Waals surface area contributed by atoms with Crippen LogP contribution in [-0.4, -0.2) is 18.9 Å². The minimum Gasteiger partial charge on any atom is -0.326 e. The van der Waals surface area contributed by atoms with Crippen LogP contribution in [0.25, 0.3) is 0 Å². The Morgan fingerprint density at radius 3 is 2.56 bits per heavy atom. The lowest BCUT2D eigenvalue weighted by atomic mass is 10.0. The molecule has 0 fully saturated rings. The first-order chi connectivity index (χ1) is 6.97. The third kappa shape index (κ3) is 2.52. The van der Waals surface area contributed by atoms with Gasteiger partial charge in [0, 0.05) is 12.1 Å². The summed E-state index contributed by atoms with van der Waals surface area (Å²) in [6.45, 7) is 0. The summed E-state index contributed by atoms with van der Waals surface area (Å²) in [4.78, 5) is 10.9. The molecule has 0 radical (unpaired) electrons. The maximum Gasteiger partial charge on any atom is 0.294 e. The molecule has 16 heavy (non-hydrogen) atoms. The number of rotatable bonds is 1. The lowest BCUT2D eigenvalue weighted by molar-refractivity contribution is -0.116. The van der Waals surface area contributed by atoms with Crippen molar-refractivity contribution in [1.29, 1.82) is 0 Å². The normalized spacial score (nSPS) is 14.7. The SMILES string of the molecule is Cl.O=C1CCc2cc(S(=O)(=O)O)ccc2N1. The Morgan fingerprint density at radius 2 is 1.94 bits per heavy atom. The van der Waals surface area contributed by atoms with E-state index in [0.29, 0.717) is 18.5 Å². The van der Waals surface area contributed by atoms with Gasteiger partial charge in [-0.15, -0.1) is 12.4 Å². The van der Waals surface area contributed by atoms with Crippen molar-refractivity contribution in [2.75, 3.05) is 5.32 Å². The zero-order valence-electron chi connectivity index (χ0n) is 8.13. The monoisotopic (exact) mass is 263 g/mol. The molecule has 1 heterocycles. The summed E-state index contributed by atoms with van der Waals surface area (Å²) in [6.07, 6.45) is 0.826. The summed E-state index contributed by atoms with van der Waals surface area (Å²) in [5.74, 6) is -0.0814. The zero-order chi connectivity index (χ0) is 11.1. The minimum atomic E-state index is -4.16. The Labute approximate surface area is 99.0 Å². The van der Waals surface area contributed by atoms with E-state index >= 15 is 0 Å². The number of fused-ring (bicyclic) bond motifs is 1. The second-order valence-corrected chi connectivity index (χ2v) is 4.76. The summed E-state index contributed by atoms with van der Waals surface area (Å²) in [6, 6.07) is 4.12. The number of hydrogen-bond acceptors (Lipinski definition) is 3. The van der Waals surface area contributed by atoms with Gasteiger partial charge in [-0.2, -0.15) is 8.42 Å². The van der Waals surface area contributed by atoms with E-state index in [9.17, 15) is 13.2 Å². The van der Waals surface area contributed by atoms with Crippen LogP contribution in [0, 0.1) is 0 Å². The lowest BCUT2D eigenvalue weighted by Gasteiger charge is -2.16. The highest BCUT2D eigenvalue weighted by Crippen LogP contribution is 2.25. The van der Waals surface area contributed by atoms with E-state index in [0.717, 1.165) is 5.56 Å². The average molecular weight is 264 g/mol. The van der Waals surface area contributed by atoms with Gasteiger partial charge < -0.3 is 5.32 Å². The van der Waals surface area contributed by atoms with Crippen molar-refractivity contribution in [2.24, 2.45) is 0 Å². The summed E-state index contributed by atoms with van der Waals surface area (Å²) >= 11 is 0. The van der Waals surface area contributed by atoms with Gasteiger partial charge in [0.1, 0.15) is 0 Å². The van der Waals surface area contributed by atoms with Crippen molar-refractivity contribution >= 4 is 34.1 Å². The van der Waals surface area contributed by atoms with Crippen LogP contribution in [0.2, 0.25) is 0 Å². The fraction of sp³-hybridized carbons (Fsp3) is 0.222. The van der Waals surface area contributed by atoms with Gasteiger partial charge in [0.15, 0.2) is 0 Å². The van der Waals surface area contributed by atoms with Crippen LogP contribution in [0.15, 0.2) is 23.1 Å². The topological polar surface area (TPSA) is 83.5 Å². The van der Waals surface area contributed by atoms with Crippen molar-refractivity contribution in [3.8, 4) is 0 Å². The molecule has 0 bridgehead atoms. The number of anilines is 1. The highest BCUT2D eigenvalue weighted by molar-refractivity contribution is 7.85. The highest BCUT2D eigenvalue weighted by atomic mass is 35.5. The Morgan fingerprint density at radius 1 is 1.25 bits per heavy atom. The number of hydrogen-bond donors (Lipinski definition) is 2. The van der Waals surface area contributed by atoms with Crippen molar-refractivity contribution in [1.82, 2.24) is 0 Å². The van der Waals surface area contributed by atoms with E-state index in [1.165, 1.54) is 18.2 Å². The number of halogens is 1. The third-order valence-electron chi connectivity index (χ3n) is 2.27. The first-order valence-electron chi connectivity index (χ1n) is 4.37. The van der Waals surface area contributed by atoms with E-state index in [1.54, 1.807) is 0 Å². The summed E-state index contributed by atoms with van der Waals surface area (Å²) in [7, 11) is -4.16. The summed E-state index contributed by atoms with van der Waals surface area (Å²) in [5.41, 5.74) is 1.34. The Hall–Kier alpha value is -1.11. The van der Waals surface area contributed by atoms with Gasteiger partial charge in [0.05, 0.1) is 4.90 Å². The van der Waals surface area contributed by atoms with Crippen LogP contribution in [0.3, 0.4) is 0 Å². The van der Waals surface area contributed by atoms with Gasteiger partial charge in [0.2, 0.25) is 5.91 Å². The maximum atomic E-state index is 11.0. The van der Waals surface area contributed by atoms with Gasteiger partial charge in [-0.25, -0.2) is 0 Å². The van der Waals surface area contributed by atoms with Crippen LogP contribution in [0.4, 0.5) is 5.69 Å². The lowest BCUT2D eigenvalue weighted by Crippen LogP contribution is -2.19.